The predicted molar refractivity (Wildman–Crippen MR) is 123 cm³/mol. The number of anilines is 1. The van der Waals surface area contributed by atoms with Gasteiger partial charge in [0.05, 0.1) is 18.7 Å². The van der Waals surface area contributed by atoms with Crippen LogP contribution in [0.5, 0.6) is 11.5 Å². The van der Waals surface area contributed by atoms with Crippen molar-refractivity contribution in [3.05, 3.63) is 59.7 Å². The number of benzene rings is 2. The number of nitrogens with zero attached hydrogens (tertiary/aromatic N) is 3. The van der Waals surface area contributed by atoms with Crippen molar-refractivity contribution < 1.29 is 23.5 Å². The molecular formula is C25H27N3O5. The molecule has 2 aliphatic heterocycles. The Hall–Kier alpha value is -3.52. The van der Waals surface area contributed by atoms with Crippen LogP contribution in [0.25, 0.3) is 11.3 Å². The number of fused-ring (bicyclic) bond motifs is 1. The molecule has 0 N–H and O–H groups in total. The molecule has 0 bridgehead atoms. The number of rotatable bonds is 8. The molecule has 172 valence electrons. The van der Waals surface area contributed by atoms with Gasteiger partial charge in [0.2, 0.25) is 12.7 Å². The first-order chi connectivity index (χ1) is 16.2. The molecule has 0 radical (unpaired) electrons. The number of ether oxygens (including phenoxy) is 3. The largest absolute Gasteiger partial charge is 0.454 e. The highest BCUT2D eigenvalue weighted by atomic mass is 16.7. The molecule has 8 nitrogen and oxygen atoms in total. The molecule has 8 heteroatoms. The predicted octanol–water partition coefficient (Wildman–Crippen LogP) is 3.96. The summed E-state index contributed by atoms with van der Waals surface area (Å²) in [6, 6.07) is 15.2. The zero-order valence-electron chi connectivity index (χ0n) is 18.7. The Balaban J connectivity index is 1.49. The quantitative estimate of drug-likeness (QED) is 0.515. The highest BCUT2D eigenvalue weighted by Gasteiger charge is 2.28. The van der Waals surface area contributed by atoms with Crippen LogP contribution in [0, 0.1) is 0 Å². The van der Waals surface area contributed by atoms with Crippen LogP contribution in [0.2, 0.25) is 0 Å². The lowest BCUT2D eigenvalue weighted by Crippen LogP contribution is -2.34. The van der Waals surface area contributed by atoms with E-state index in [1.165, 1.54) is 0 Å². The van der Waals surface area contributed by atoms with Gasteiger partial charge in [0.15, 0.2) is 11.5 Å². The smallest absolute Gasteiger partial charge is 0.254 e. The zero-order chi connectivity index (χ0) is 22.6. The van der Waals surface area contributed by atoms with E-state index in [1.54, 1.807) is 30.2 Å². The molecule has 2 aromatic carbocycles. The molecule has 5 rings (SSSR count). The first-order valence-corrected chi connectivity index (χ1v) is 11.2. The molecule has 1 saturated heterocycles. The molecule has 33 heavy (non-hydrogen) atoms. The van der Waals surface area contributed by atoms with Crippen molar-refractivity contribution in [1.82, 2.24) is 10.1 Å². The van der Waals surface area contributed by atoms with Gasteiger partial charge in [0.25, 0.3) is 5.91 Å². The molecule has 2 aliphatic rings. The fourth-order valence-corrected chi connectivity index (χ4v) is 4.29. The van der Waals surface area contributed by atoms with E-state index in [4.69, 9.17) is 18.7 Å². The van der Waals surface area contributed by atoms with E-state index in [1.807, 2.05) is 30.3 Å². The molecule has 3 aromatic rings. The van der Waals surface area contributed by atoms with Crippen molar-refractivity contribution in [2.45, 2.75) is 19.4 Å². The molecule has 1 fully saturated rings. The van der Waals surface area contributed by atoms with Gasteiger partial charge in [-0.05, 0) is 31.0 Å². The lowest BCUT2D eigenvalue weighted by atomic mass is 10.1. The molecule has 0 atom stereocenters. The van der Waals surface area contributed by atoms with E-state index in [9.17, 15) is 4.79 Å². The van der Waals surface area contributed by atoms with E-state index >= 15 is 0 Å². The summed E-state index contributed by atoms with van der Waals surface area (Å²) in [6.07, 6.45) is 2.23. The van der Waals surface area contributed by atoms with Gasteiger partial charge in [-0.15, -0.1) is 0 Å². The van der Waals surface area contributed by atoms with E-state index in [0.29, 0.717) is 36.8 Å². The summed E-state index contributed by atoms with van der Waals surface area (Å²) in [5.74, 6) is 1.86. The second-order valence-electron chi connectivity index (χ2n) is 8.16. The van der Waals surface area contributed by atoms with Crippen molar-refractivity contribution in [3.8, 4) is 22.8 Å². The summed E-state index contributed by atoms with van der Waals surface area (Å²) >= 11 is 0. The van der Waals surface area contributed by atoms with E-state index in [0.717, 1.165) is 48.6 Å². The van der Waals surface area contributed by atoms with Crippen molar-refractivity contribution in [2.75, 3.05) is 45.0 Å². The first kappa shape index (κ1) is 21.3. The van der Waals surface area contributed by atoms with Crippen LogP contribution < -0.4 is 14.4 Å². The van der Waals surface area contributed by atoms with Crippen molar-refractivity contribution in [2.24, 2.45) is 0 Å². The minimum Gasteiger partial charge on any atom is -0.454 e. The molecule has 0 saturated carbocycles. The van der Waals surface area contributed by atoms with Crippen LogP contribution in [0.15, 0.2) is 53.1 Å². The molecule has 1 aromatic heterocycles. The van der Waals surface area contributed by atoms with Crippen LogP contribution in [0.3, 0.4) is 0 Å². The Morgan fingerprint density at radius 3 is 2.67 bits per heavy atom. The van der Waals surface area contributed by atoms with Gasteiger partial charge in [-0.2, -0.15) is 0 Å². The monoisotopic (exact) mass is 449 g/mol. The standard InChI is InChI=1S/C25H27N3O5/c1-30-14-13-28(24(29)19-9-10-21-22(15-19)32-17-31-21)16-20-23(18-7-3-2-4-8-18)26-33-25(20)27-11-5-6-12-27/h2-4,7-10,15H,5-6,11-14,16-17H2,1H3. The lowest BCUT2D eigenvalue weighted by molar-refractivity contribution is 0.0680. The summed E-state index contributed by atoms with van der Waals surface area (Å²) in [7, 11) is 1.63. The van der Waals surface area contributed by atoms with Crippen molar-refractivity contribution >= 4 is 11.8 Å². The fraction of sp³-hybridized carbons (Fsp3) is 0.360. The second-order valence-corrected chi connectivity index (χ2v) is 8.16. The number of methoxy groups -OCH3 is 1. The van der Waals surface area contributed by atoms with Crippen LogP contribution in [0.1, 0.15) is 28.8 Å². The molecule has 1 amide bonds. The number of aromatic nitrogens is 1. The third-order valence-electron chi connectivity index (χ3n) is 6.03. The molecule has 0 aliphatic carbocycles. The summed E-state index contributed by atoms with van der Waals surface area (Å²) in [5.41, 5.74) is 3.17. The number of amides is 1. The van der Waals surface area contributed by atoms with Gasteiger partial charge in [-0.3, -0.25) is 4.79 Å². The number of hydrogen-bond acceptors (Lipinski definition) is 7. The van der Waals surface area contributed by atoms with Crippen LogP contribution in [-0.2, 0) is 11.3 Å². The summed E-state index contributed by atoms with van der Waals surface area (Å²) in [4.78, 5) is 17.6. The van der Waals surface area contributed by atoms with Crippen LogP contribution in [-0.4, -0.2) is 56.1 Å². The third kappa shape index (κ3) is 4.39. The number of carbonyl (C=O) groups excluding carboxylic acids is 1. The topological polar surface area (TPSA) is 77.3 Å². The Kier molecular flexibility index (Phi) is 6.17. The maximum atomic E-state index is 13.6. The van der Waals surface area contributed by atoms with Crippen molar-refractivity contribution in [1.29, 1.82) is 0 Å². The SMILES string of the molecule is COCCN(Cc1c(-c2ccccc2)noc1N1CCCC1)C(=O)c1ccc2c(c1)OCO2. The summed E-state index contributed by atoms with van der Waals surface area (Å²) < 4.78 is 22.0. The zero-order valence-corrected chi connectivity index (χ0v) is 18.7. The maximum absolute atomic E-state index is 13.6. The molecule has 0 spiro atoms. The lowest BCUT2D eigenvalue weighted by Gasteiger charge is -2.24. The van der Waals surface area contributed by atoms with Gasteiger partial charge in [0, 0.05) is 37.9 Å². The van der Waals surface area contributed by atoms with E-state index < -0.39 is 0 Å². The maximum Gasteiger partial charge on any atom is 0.254 e. The first-order valence-electron chi connectivity index (χ1n) is 11.2. The van der Waals surface area contributed by atoms with E-state index in [-0.39, 0.29) is 12.7 Å². The third-order valence-corrected chi connectivity index (χ3v) is 6.03. The Labute approximate surface area is 192 Å². The van der Waals surface area contributed by atoms with Gasteiger partial charge in [-0.25, -0.2) is 0 Å². The van der Waals surface area contributed by atoms with Crippen LogP contribution in [0.4, 0.5) is 5.88 Å². The Morgan fingerprint density at radius 1 is 1.09 bits per heavy atom. The average molecular weight is 450 g/mol. The minimum atomic E-state index is -0.113. The van der Waals surface area contributed by atoms with Gasteiger partial charge in [0.1, 0.15) is 5.69 Å². The van der Waals surface area contributed by atoms with Crippen molar-refractivity contribution in [3.63, 3.8) is 0 Å². The average Bonchev–Trinajstić information content (AvgIpc) is 3.62. The number of carbonyl (C=O) groups is 1. The fourth-order valence-electron chi connectivity index (χ4n) is 4.29. The summed E-state index contributed by atoms with van der Waals surface area (Å²) in [6.45, 7) is 3.22. The van der Waals surface area contributed by atoms with Crippen LogP contribution >= 0.6 is 0 Å². The van der Waals surface area contributed by atoms with Gasteiger partial charge in [-0.1, -0.05) is 35.5 Å². The normalized spacial score (nSPS) is 14.6. The Bertz CT molecular complexity index is 1110. The summed E-state index contributed by atoms with van der Waals surface area (Å²) in [5, 5.41) is 4.42. The highest BCUT2D eigenvalue weighted by molar-refractivity contribution is 5.95. The molecule has 3 heterocycles. The van der Waals surface area contributed by atoms with E-state index in [2.05, 4.69) is 10.1 Å². The molecular weight excluding hydrogens is 422 g/mol. The minimum absolute atomic E-state index is 0.113. The highest BCUT2D eigenvalue weighted by Crippen LogP contribution is 2.35. The Morgan fingerprint density at radius 2 is 1.88 bits per heavy atom. The van der Waals surface area contributed by atoms with Gasteiger partial charge >= 0.3 is 0 Å². The second kappa shape index (κ2) is 9.54. The number of hydrogen-bond donors (Lipinski definition) is 0. The van der Waals surface area contributed by atoms with Gasteiger partial charge < -0.3 is 28.5 Å². The molecule has 0 unspecified atom stereocenters.